The van der Waals surface area contributed by atoms with Crippen molar-refractivity contribution in [3.8, 4) is 0 Å². The predicted octanol–water partition coefficient (Wildman–Crippen LogP) is 6.27. The first-order valence-electron chi connectivity index (χ1n) is 8.50. The highest BCUT2D eigenvalue weighted by atomic mass is 14.2. The summed E-state index contributed by atoms with van der Waals surface area (Å²) in [5.74, 6) is 0. The first-order chi connectivity index (χ1) is 10.8. The molecule has 0 nitrogen and oxygen atoms in total. The van der Waals surface area contributed by atoms with E-state index in [0.717, 1.165) is 19.3 Å². The van der Waals surface area contributed by atoms with Gasteiger partial charge in [-0.2, -0.15) is 0 Å². The van der Waals surface area contributed by atoms with Crippen LogP contribution in [-0.4, -0.2) is 0 Å². The molecule has 110 valence electrons. The van der Waals surface area contributed by atoms with E-state index in [1.54, 1.807) is 16.7 Å². The molecule has 4 aromatic rings. The van der Waals surface area contributed by atoms with Crippen LogP contribution in [0.1, 0.15) is 37.5 Å². The molecular weight excluding hydrogens is 264 g/mol. The summed E-state index contributed by atoms with van der Waals surface area (Å²) in [4.78, 5) is 0. The zero-order valence-corrected chi connectivity index (χ0v) is 13.7. The zero-order valence-electron chi connectivity index (χ0n) is 13.7. The number of aryl methyl sites for hydroxylation is 2. The van der Waals surface area contributed by atoms with Crippen LogP contribution in [0.15, 0.2) is 42.5 Å². The van der Waals surface area contributed by atoms with Crippen LogP contribution < -0.4 is 0 Å². The fraction of sp³-hybridized carbons (Fsp3) is 0.273. The van der Waals surface area contributed by atoms with E-state index >= 15 is 0 Å². The van der Waals surface area contributed by atoms with Gasteiger partial charge in [-0.25, -0.2) is 0 Å². The molecule has 22 heavy (non-hydrogen) atoms. The Morgan fingerprint density at radius 3 is 1.50 bits per heavy atom. The molecule has 4 aromatic carbocycles. The molecule has 0 saturated heterocycles. The molecule has 0 unspecified atom stereocenters. The Morgan fingerprint density at radius 2 is 1.05 bits per heavy atom. The van der Waals surface area contributed by atoms with Crippen LogP contribution in [-0.2, 0) is 19.3 Å². The molecular formula is C22H22. The van der Waals surface area contributed by atoms with Crippen molar-refractivity contribution < 1.29 is 0 Å². The fourth-order valence-electron chi connectivity index (χ4n) is 4.33. The largest absolute Gasteiger partial charge is 0.0613 e. The van der Waals surface area contributed by atoms with E-state index in [0.29, 0.717) is 0 Å². The Bertz CT molecular complexity index is 904. The van der Waals surface area contributed by atoms with Crippen molar-refractivity contribution in [1.29, 1.82) is 0 Å². The lowest BCUT2D eigenvalue weighted by Gasteiger charge is -2.20. The van der Waals surface area contributed by atoms with Gasteiger partial charge in [-0.15, -0.1) is 0 Å². The molecule has 0 aliphatic heterocycles. The normalized spacial score (nSPS) is 12.0. The molecule has 0 atom stereocenters. The number of benzene rings is 4. The minimum absolute atomic E-state index is 1.12. The van der Waals surface area contributed by atoms with Crippen molar-refractivity contribution in [2.75, 3.05) is 0 Å². The zero-order chi connectivity index (χ0) is 15.3. The van der Waals surface area contributed by atoms with Crippen molar-refractivity contribution in [1.82, 2.24) is 0 Å². The summed E-state index contributed by atoms with van der Waals surface area (Å²) >= 11 is 0. The topological polar surface area (TPSA) is 0 Å². The molecule has 0 saturated carbocycles. The van der Waals surface area contributed by atoms with Crippen LogP contribution in [0.2, 0.25) is 0 Å². The Morgan fingerprint density at radius 1 is 0.545 bits per heavy atom. The first-order valence-corrected chi connectivity index (χ1v) is 8.50. The molecule has 4 rings (SSSR count). The lowest BCUT2D eigenvalue weighted by atomic mass is 9.83. The lowest BCUT2D eigenvalue weighted by Crippen LogP contribution is -2.01. The summed E-state index contributed by atoms with van der Waals surface area (Å²) in [5, 5.41) is 8.60. The Labute approximate surface area is 132 Å². The highest BCUT2D eigenvalue weighted by Crippen LogP contribution is 2.40. The SMILES string of the molecule is CCc1c(CC)c2ccc3cccc4ccc(c1CC)c2c34. The van der Waals surface area contributed by atoms with E-state index in [-0.39, 0.29) is 0 Å². The second-order valence-corrected chi connectivity index (χ2v) is 6.18. The van der Waals surface area contributed by atoms with E-state index in [2.05, 4.69) is 63.2 Å². The monoisotopic (exact) mass is 286 g/mol. The molecule has 0 radical (unpaired) electrons. The van der Waals surface area contributed by atoms with E-state index in [1.807, 2.05) is 0 Å². The lowest BCUT2D eigenvalue weighted by molar-refractivity contribution is 1.00. The fourth-order valence-corrected chi connectivity index (χ4v) is 4.33. The van der Waals surface area contributed by atoms with E-state index in [1.165, 1.54) is 32.3 Å². The van der Waals surface area contributed by atoms with E-state index in [4.69, 9.17) is 0 Å². The third-order valence-corrected chi connectivity index (χ3v) is 5.22. The molecule has 0 aliphatic rings. The van der Waals surface area contributed by atoms with Crippen molar-refractivity contribution in [2.24, 2.45) is 0 Å². The second kappa shape index (κ2) is 4.98. The Balaban J connectivity index is 2.36. The van der Waals surface area contributed by atoms with E-state index < -0.39 is 0 Å². The summed E-state index contributed by atoms with van der Waals surface area (Å²) in [5.41, 5.74) is 4.70. The predicted molar refractivity (Wildman–Crippen MR) is 98.3 cm³/mol. The van der Waals surface area contributed by atoms with Crippen LogP contribution in [0.4, 0.5) is 0 Å². The maximum absolute atomic E-state index is 2.35. The van der Waals surface area contributed by atoms with Gasteiger partial charge in [-0.3, -0.25) is 0 Å². The van der Waals surface area contributed by atoms with Crippen molar-refractivity contribution in [3.05, 3.63) is 59.2 Å². The Hall–Kier alpha value is -2.08. The molecule has 0 heteroatoms. The maximum atomic E-state index is 2.35. The molecule has 0 aliphatic carbocycles. The van der Waals surface area contributed by atoms with Crippen molar-refractivity contribution >= 4 is 32.3 Å². The Kier molecular flexibility index (Phi) is 3.07. The summed E-state index contributed by atoms with van der Waals surface area (Å²) < 4.78 is 0. The van der Waals surface area contributed by atoms with Gasteiger partial charge in [0, 0.05) is 0 Å². The van der Waals surface area contributed by atoms with Gasteiger partial charge in [-0.05, 0) is 68.3 Å². The minimum Gasteiger partial charge on any atom is -0.0613 e. The third kappa shape index (κ3) is 1.64. The second-order valence-electron chi connectivity index (χ2n) is 6.18. The molecule has 0 amide bonds. The van der Waals surface area contributed by atoms with Crippen molar-refractivity contribution in [2.45, 2.75) is 40.0 Å². The average molecular weight is 286 g/mol. The van der Waals surface area contributed by atoms with Gasteiger partial charge >= 0.3 is 0 Å². The van der Waals surface area contributed by atoms with Gasteiger partial charge in [-0.1, -0.05) is 63.2 Å². The highest BCUT2D eigenvalue weighted by molar-refractivity contribution is 6.24. The quantitative estimate of drug-likeness (QED) is 0.389. The smallest absolute Gasteiger partial charge is 0.00211 e. The number of hydrogen-bond acceptors (Lipinski definition) is 0. The maximum Gasteiger partial charge on any atom is -0.00211 e. The molecule has 0 N–H and O–H groups in total. The number of rotatable bonds is 3. The summed E-state index contributed by atoms with van der Waals surface area (Å²) in [6, 6.07) is 15.9. The van der Waals surface area contributed by atoms with Gasteiger partial charge in [0.15, 0.2) is 0 Å². The summed E-state index contributed by atoms with van der Waals surface area (Å²) in [7, 11) is 0. The third-order valence-electron chi connectivity index (χ3n) is 5.22. The van der Waals surface area contributed by atoms with Gasteiger partial charge < -0.3 is 0 Å². The molecule has 0 fully saturated rings. The first kappa shape index (κ1) is 13.6. The van der Waals surface area contributed by atoms with Crippen LogP contribution in [0.3, 0.4) is 0 Å². The summed E-state index contributed by atoms with van der Waals surface area (Å²) in [6.45, 7) is 6.89. The minimum atomic E-state index is 1.12. The van der Waals surface area contributed by atoms with Crippen LogP contribution in [0.5, 0.6) is 0 Å². The number of hydrogen-bond donors (Lipinski definition) is 0. The molecule has 0 aromatic heterocycles. The van der Waals surface area contributed by atoms with Crippen LogP contribution in [0.25, 0.3) is 32.3 Å². The van der Waals surface area contributed by atoms with E-state index in [9.17, 15) is 0 Å². The molecule has 0 spiro atoms. The standard InChI is InChI=1S/C22H22/c1-4-16-17(5-2)19-12-10-14-8-7-9-15-11-13-20(18(16)6-3)22(19)21(14)15/h7-13H,4-6H2,1-3H3. The van der Waals surface area contributed by atoms with Gasteiger partial charge in [0.1, 0.15) is 0 Å². The highest BCUT2D eigenvalue weighted by Gasteiger charge is 2.17. The molecule has 0 heterocycles. The molecule has 0 bridgehead atoms. The van der Waals surface area contributed by atoms with Gasteiger partial charge in [0.05, 0.1) is 0 Å². The summed E-state index contributed by atoms with van der Waals surface area (Å²) in [6.07, 6.45) is 3.36. The average Bonchev–Trinajstić information content (AvgIpc) is 2.58. The van der Waals surface area contributed by atoms with Crippen LogP contribution >= 0.6 is 0 Å². The van der Waals surface area contributed by atoms with Gasteiger partial charge in [0.2, 0.25) is 0 Å². The van der Waals surface area contributed by atoms with Gasteiger partial charge in [0.25, 0.3) is 0 Å². The van der Waals surface area contributed by atoms with Crippen LogP contribution in [0, 0.1) is 0 Å². The van der Waals surface area contributed by atoms with Crippen molar-refractivity contribution in [3.63, 3.8) is 0 Å².